The van der Waals surface area contributed by atoms with E-state index in [1.54, 1.807) is 14.1 Å². The molecule has 0 radical (unpaired) electrons. The smallest absolute Gasteiger partial charge is 0.419 e. The van der Waals surface area contributed by atoms with E-state index in [1.165, 1.54) is 12.8 Å². The van der Waals surface area contributed by atoms with Crippen LogP contribution in [0.15, 0.2) is 48.9 Å². The molecule has 1 aliphatic heterocycles. The highest BCUT2D eigenvalue weighted by Crippen LogP contribution is 2.30. The number of rotatable bonds is 8. The van der Waals surface area contributed by atoms with Crippen LogP contribution in [0, 0.1) is 5.92 Å². The zero-order valence-corrected chi connectivity index (χ0v) is 27.8. The lowest BCUT2D eigenvalue weighted by Crippen LogP contribution is -2.41. The second kappa shape index (κ2) is 12.4. The summed E-state index contributed by atoms with van der Waals surface area (Å²) in [4.78, 5) is 35.5. The van der Waals surface area contributed by atoms with E-state index < -0.39 is 17.3 Å². The third-order valence-corrected chi connectivity index (χ3v) is 8.35. The summed E-state index contributed by atoms with van der Waals surface area (Å²) in [5.41, 5.74) is 3.78. The first-order valence-corrected chi connectivity index (χ1v) is 16.3. The topological polar surface area (TPSA) is 108 Å². The van der Waals surface area contributed by atoms with Crippen LogP contribution in [0.2, 0.25) is 0 Å². The SMILES string of the molecule is CC(C)(C)OC(=O)N(Cc1cc2ccc(Cn3cc(-c4cncc(N5CCC5)c4)nn3)cc2n1C(=O)OC(C)(C)C)CC1CCC1. The zero-order valence-electron chi connectivity index (χ0n) is 27.8. The van der Waals surface area contributed by atoms with Gasteiger partial charge in [-0.2, -0.15) is 0 Å². The van der Waals surface area contributed by atoms with E-state index in [1.807, 2.05) is 84.4 Å². The van der Waals surface area contributed by atoms with Crippen LogP contribution in [-0.2, 0) is 22.6 Å². The van der Waals surface area contributed by atoms with E-state index >= 15 is 0 Å². The third-order valence-electron chi connectivity index (χ3n) is 8.35. The van der Waals surface area contributed by atoms with Crippen molar-refractivity contribution in [3.8, 4) is 11.3 Å². The molecule has 4 aromatic rings. The summed E-state index contributed by atoms with van der Waals surface area (Å²) >= 11 is 0. The molecular formula is C35H45N7O4. The van der Waals surface area contributed by atoms with Gasteiger partial charge in [0.05, 0.1) is 36.7 Å². The van der Waals surface area contributed by atoms with E-state index in [0.29, 0.717) is 30.2 Å². The first-order chi connectivity index (χ1) is 21.8. The molecule has 1 amide bonds. The molecular weight excluding hydrogens is 582 g/mol. The minimum atomic E-state index is -0.696. The van der Waals surface area contributed by atoms with Gasteiger partial charge in [0.25, 0.3) is 0 Å². The Balaban J connectivity index is 1.29. The molecule has 46 heavy (non-hydrogen) atoms. The Kier molecular flexibility index (Phi) is 8.52. The van der Waals surface area contributed by atoms with Crippen LogP contribution >= 0.6 is 0 Å². The zero-order chi connectivity index (χ0) is 32.6. The number of benzene rings is 1. The number of aromatic nitrogens is 5. The van der Waals surface area contributed by atoms with Crippen LogP contribution in [0.5, 0.6) is 0 Å². The normalized spacial score (nSPS) is 15.4. The highest BCUT2D eigenvalue weighted by atomic mass is 16.6. The molecule has 244 valence electrons. The van der Waals surface area contributed by atoms with Crippen molar-refractivity contribution >= 4 is 28.8 Å². The van der Waals surface area contributed by atoms with Crippen LogP contribution in [-0.4, -0.2) is 72.5 Å². The van der Waals surface area contributed by atoms with Crippen molar-refractivity contribution in [2.45, 2.75) is 91.5 Å². The second-order valence-electron chi connectivity index (χ2n) is 14.6. The molecule has 0 unspecified atom stereocenters. The van der Waals surface area contributed by atoms with Gasteiger partial charge in [-0.15, -0.1) is 5.10 Å². The number of pyridine rings is 1. The van der Waals surface area contributed by atoms with Crippen molar-refractivity contribution in [2.24, 2.45) is 5.92 Å². The monoisotopic (exact) mass is 627 g/mol. The average Bonchev–Trinajstić information content (AvgIpc) is 3.51. The van der Waals surface area contributed by atoms with E-state index in [9.17, 15) is 9.59 Å². The van der Waals surface area contributed by atoms with Gasteiger partial charge in [-0.3, -0.25) is 4.98 Å². The van der Waals surface area contributed by atoms with Gasteiger partial charge in [0.2, 0.25) is 0 Å². The predicted molar refractivity (Wildman–Crippen MR) is 177 cm³/mol. The van der Waals surface area contributed by atoms with Crippen molar-refractivity contribution in [3.63, 3.8) is 0 Å². The molecule has 11 nitrogen and oxygen atoms in total. The number of carbonyl (C=O) groups is 2. The van der Waals surface area contributed by atoms with Crippen molar-refractivity contribution in [1.82, 2.24) is 29.4 Å². The number of hydrogen-bond donors (Lipinski definition) is 0. The molecule has 1 saturated carbocycles. The number of amides is 1. The maximum absolute atomic E-state index is 13.7. The molecule has 0 bridgehead atoms. The molecule has 0 spiro atoms. The fourth-order valence-corrected chi connectivity index (χ4v) is 5.76. The molecule has 6 rings (SSSR count). The summed E-state index contributed by atoms with van der Waals surface area (Å²) in [6.45, 7) is 14.5. The summed E-state index contributed by atoms with van der Waals surface area (Å²) in [6.07, 6.45) is 9.28. The first kappa shape index (κ1) is 31.6. The Morgan fingerprint density at radius 3 is 2.37 bits per heavy atom. The Morgan fingerprint density at radius 1 is 0.957 bits per heavy atom. The van der Waals surface area contributed by atoms with Gasteiger partial charge >= 0.3 is 12.2 Å². The van der Waals surface area contributed by atoms with Gasteiger partial charge in [-0.1, -0.05) is 23.8 Å². The lowest BCUT2D eigenvalue weighted by atomic mass is 9.85. The summed E-state index contributed by atoms with van der Waals surface area (Å²) in [6, 6.07) is 10.1. The Labute approximate surface area is 270 Å². The Morgan fingerprint density at radius 2 is 1.72 bits per heavy atom. The van der Waals surface area contributed by atoms with E-state index in [2.05, 4.69) is 26.3 Å². The summed E-state index contributed by atoms with van der Waals surface area (Å²) in [5, 5.41) is 9.68. The van der Waals surface area contributed by atoms with Crippen LogP contribution in [0.1, 0.15) is 78.5 Å². The van der Waals surface area contributed by atoms with Gasteiger partial charge in [0, 0.05) is 42.5 Å². The van der Waals surface area contributed by atoms with Gasteiger partial charge < -0.3 is 19.3 Å². The lowest BCUT2D eigenvalue weighted by Gasteiger charge is -2.33. The molecule has 1 aliphatic carbocycles. The van der Waals surface area contributed by atoms with E-state index in [0.717, 1.165) is 53.8 Å². The fourth-order valence-electron chi connectivity index (χ4n) is 5.76. The molecule has 4 heterocycles. The van der Waals surface area contributed by atoms with Crippen LogP contribution < -0.4 is 4.90 Å². The Hall–Kier alpha value is -4.41. The maximum Gasteiger partial charge on any atom is 0.419 e. The summed E-state index contributed by atoms with van der Waals surface area (Å²) in [5.74, 6) is 0.431. The summed E-state index contributed by atoms with van der Waals surface area (Å²) in [7, 11) is 0. The van der Waals surface area contributed by atoms with Crippen molar-refractivity contribution < 1.29 is 19.1 Å². The second-order valence-corrected chi connectivity index (χ2v) is 14.6. The molecule has 0 atom stereocenters. The van der Waals surface area contributed by atoms with E-state index in [4.69, 9.17) is 9.47 Å². The van der Waals surface area contributed by atoms with Crippen molar-refractivity contribution in [1.29, 1.82) is 0 Å². The first-order valence-electron chi connectivity index (χ1n) is 16.3. The molecule has 11 heteroatoms. The number of carbonyl (C=O) groups excluding carboxylic acids is 2. The third kappa shape index (κ3) is 7.35. The lowest BCUT2D eigenvalue weighted by molar-refractivity contribution is 0.0163. The fraction of sp³-hybridized carbons (Fsp3) is 0.514. The van der Waals surface area contributed by atoms with Crippen molar-refractivity contribution in [3.05, 3.63) is 60.2 Å². The molecule has 2 fully saturated rings. The van der Waals surface area contributed by atoms with Gasteiger partial charge in [0.1, 0.15) is 16.9 Å². The predicted octanol–water partition coefficient (Wildman–Crippen LogP) is 6.87. The van der Waals surface area contributed by atoms with Crippen LogP contribution in [0.4, 0.5) is 15.3 Å². The minimum Gasteiger partial charge on any atom is -0.444 e. The highest BCUT2D eigenvalue weighted by Gasteiger charge is 2.30. The van der Waals surface area contributed by atoms with Crippen LogP contribution in [0.3, 0.4) is 0 Å². The van der Waals surface area contributed by atoms with E-state index in [-0.39, 0.29) is 12.6 Å². The Bertz CT molecular complexity index is 1720. The van der Waals surface area contributed by atoms with Gasteiger partial charge in [-0.05, 0) is 90.5 Å². The largest absolute Gasteiger partial charge is 0.444 e. The highest BCUT2D eigenvalue weighted by molar-refractivity contribution is 5.91. The molecule has 2 aliphatic rings. The summed E-state index contributed by atoms with van der Waals surface area (Å²) < 4.78 is 15.0. The molecule has 1 aromatic carbocycles. The van der Waals surface area contributed by atoms with Crippen molar-refractivity contribution in [2.75, 3.05) is 24.5 Å². The van der Waals surface area contributed by atoms with Gasteiger partial charge in [-0.25, -0.2) is 18.8 Å². The quantitative estimate of drug-likeness (QED) is 0.208. The number of ether oxygens (including phenoxy) is 2. The maximum atomic E-state index is 13.7. The number of fused-ring (bicyclic) bond motifs is 1. The average molecular weight is 628 g/mol. The minimum absolute atomic E-state index is 0.228. The molecule has 1 saturated heterocycles. The molecule has 3 aromatic heterocycles. The number of nitrogens with zero attached hydrogens (tertiary/aromatic N) is 7. The molecule has 0 N–H and O–H groups in total. The van der Waals surface area contributed by atoms with Crippen LogP contribution in [0.25, 0.3) is 22.2 Å². The standard InChI is InChI=1S/C35H45N7O4/c1-34(2,3)45-32(43)40(20-24-9-7-10-24)22-29-16-26-12-11-25(15-31(26)42(29)33(44)46-35(4,5)6)21-41-23-30(37-38-41)27-17-28(19-36-18-27)39-13-8-14-39/h11-12,15-19,23-24H,7-10,13-14,20-22H2,1-6H3. The number of hydrogen-bond acceptors (Lipinski definition) is 8. The number of anilines is 1. The van der Waals surface area contributed by atoms with Gasteiger partial charge in [0.15, 0.2) is 0 Å².